The average Bonchev–Trinajstić information content (AvgIpc) is 2.91. The highest BCUT2D eigenvalue weighted by atomic mass is 19.4. The Morgan fingerprint density at radius 1 is 0.974 bits per heavy atom. The topological polar surface area (TPSA) is 80.2 Å². The molecule has 0 aliphatic carbocycles. The van der Waals surface area contributed by atoms with Crippen molar-refractivity contribution >= 4 is 16.8 Å². The summed E-state index contributed by atoms with van der Waals surface area (Å²) in [5, 5.41) is 24.4. The Hall–Kier alpha value is -3.60. The van der Waals surface area contributed by atoms with Gasteiger partial charge in [-0.15, -0.1) is 0 Å². The maximum Gasteiger partial charge on any atom is 0.416 e. The predicted octanol–water partition coefficient (Wildman–Crippen LogP) is 5.76. The fraction of sp³-hybridized carbons (Fsp3) is 0.286. The third kappa shape index (κ3) is 5.47. The lowest BCUT2D eigenvalue weighted by Crippen LogP contribution is -2.30. The molecule has 10 heteroatoms. The third-order valence-electron chi connectivity index (χ3n) is 6.45. The van der Waals surface area contributed by atoms with Gasteiger partial charge in [-0.2, -0.15) is 13.2 Å². The summed E-state index contributed by atoms with van der Waals surface area (Å²) in [6.07, 6.45) is -5.57. The van der Waals surface area contributed by atoms with E-state index in [1.165, 1.54) is 12.1 Å². The lowest BCUT2D eigenvalue weighted by atomic mass is 9.84. The van der Waals surface area contributed by atoms with Crippen LogP contribution in [0.2, 0.25) is 0 Å². The Bertz CT molecular complexity index is 1330. The number of nitrogens with one attached hydrogen (secondary N) is 1. The van der Waals surface area contributed by atoms with Gasteiger partial charge in [0.15, 0.2) is 6.29 Å². The molecule has 0 bridgehead atoms. The Morgan fingerprint density at radius 2 is 1.68 bits per heavy atom. The zero-order valence-corrected chi connectivity index (χ0v) is 20.1. The van der Waals surface area contributed by atoms with E-state index in [2.05, 4.69) is 5.32 Å². The lowest BCUT2D eigenvalue weighted by molar-refractivity contribution is -0.191. The molecule has 2 aliphatic rings. The highest BCUT2D eigenvalue weighted by molar-refractivity contribution is 6.00. The highest BCUT2D eigenvalue weighted by Crippen LogP contribution is 2.44. The third-order valence-corrected chi connectivity index (χ3v) is 6.45. The monoisotopic (exact) mass is 531 g/mol. The molecular weight excluding hydrogens is 506 g/mol. The molecule has 0 saturated carbocycles. The SMILES string of the molecule is Oc1ccc2c(c1)NCC(c1ccc(C(F)(F)F)cc1F)=C2C(O)c1ccc(OCC2OCCCO2)cc1. The molecule has 5 rings (SSSR count). The number of phenolic OH excluding ortho intramolecular Hbond substituents is 1. The van der Waals surface area contributed by atoms with E-state index < -0.39 is 30.0 Å². The van der Waals surface area contributed by atoms with Crippen LogP contribution in [0, 0.1) is 5.82 Å². The average molecular weight is 532 g/mol. The second kappa shape index (κ2) is 10.6. The van der Waals surface area contributed by atoms with E-state index >= 15 is 4.39 Å². The van der Waals surface area contributed by atoms with Crippen molar-refractivity contribution in [3.63, 3.8) is 0 Å². The van der Waals surface area contributed by atoms with Gasteiger partial charge in [0.2, 0.25) is 0 Å². The smallest absolute Gasteiger partial charge is 0.416 e. The summed E-state index contributed by atoms with van der Waals surface area (Å²) in [5.41, 5.74) is 0.901. The molecule has 0 amide bonds. The first-order chi connectivity index (χ1) is 18.2. The summed E-state index contributed by atoms with van der Waals surface area (Å²) in [7, 11) is 0. The van der Waals surface area contributed by atoms with Gasteiger partial charge >= 0.3 is 6.18 Å². The normalized spacial score (nSPS) is 17.1. The van der Waals surface area contributed by atoms with Crippen LogP contribution in [0.3, 0.4) is 0 Å². The first kappa shape index (κ1) is 26.0. The van der Waals surface area contributed by atoms with E-state index in [4.69, 9.17) is 14.2 Å². The number of aromatic hydroxyl groups is 1. The summed E-state index contributed by atoms with van der Waals surface area (Å²) >= 11 is 0. The van der Waals surface area contributed by atoms with Crippen molar-refractivity contribution < 1.29 is 42.0 Å². The molecule has 3 aromatic rings. The highest BCUT2D eigenvalue weighted by Gasteiger charge is 2.33. The zero-order valence-electron chi connectivity index (χ0n) is 20.1. The van der Waals surface area contributed by atoms with Crippen molar-refractivity contribution in [3.05, 3.63) is 88.7 Å². The molecule has 38 heavy (non-hydrogen) atoms. The number of anilines is 1. The van der Waals surface area contributed by atoms with Crippen LogP contribution in [-0.2, 0) is 15.7 Å². The molecule has 1 fully saturated rings. The zero-order chi connectivity index (χ0) is 26.9. The number of fused-ring (bicyclic) bond motifs is 1. The van der Waals surface area contributed by atoms with Crippen LogP contribution in [0.1, 0.15) is 34.8 Å². The lowest BCUT2D eigenvalue weighted by Gasteiger charge is -2.29. The first-order valence-electron chi connectivity index (χ1n) is 12.0. The van der Waals surface area contributed by atoms with Crippen LogP contribution in [0.15, 0.2) is 60.7 Å². The van der Waals surface area contributed by atoms with E-state index in [0.29, 0.717) is 53.0 Å². The second-order valence-corrected chi connectivity index (χ2v) is 8.98. The van der Waals surface area contributed by atoms with Crippen molar-refractivity contribution in [2.24, 2.45) is 0 Å². The molecule has 6 nitrogen and oxygen atoms in total. The minimum absolute atomic E-state index is 0.0123. The number of benzene rings is 3. The molecule has 1 unspecified atom stereocenters. The number of rotatable bonds is 6. The standard InChI is InChI=1S/C28H25F4NO5/c29-23-12-17(28(30,31)32)4-8-20(23)22-14-33-24-13-18(34)5-9-21(24)26(22)27(35)16-2-6-19(7-3-16)38-15-25-36-10-1-11-37-25/h2-9,12-13,25,27,33-35H,1,10-11,14-15H2. The van der Waals surface area contributed by atoms with Crippen LogP contribution in [0.5, 0.6) is 11.5 Å². The van der Waals surface area contributed by atoms with Crippen molar-refractivity contribution in [3.8, 4) is 11.5 Å². The Kier molecular flexibility index (Phi) is 7.29. The van der Waals surface area contributed by atoms with Crippen LogP contribution in [0.4, 0.5) is 23.2 Å². The van der Waals surface area contributed by atoms with Gasteiger partial charge in [-0.25, -0.2) is 4.39 Å². The van der Waals surface area contributed by atoms with Gasteiger partial charge < -0.3 is 29.7 Å². The fourth-order valence-electron chi connectivity index (χ4n) is 4.55. The van der Waals surface area contributed by atoms with E-state index in [0.717, 1.165) is 18.6 Å². The van der Waals surface area contributed by atoms with E-state index in [9.17, 15) is 23.4 Å². The number of aliphatic hydroxyl groups is 1. The van der Waals surface area contributed by atoms with Crippen molar-refractivity contribution in [2.75, 3.05) is 31.7 Å². The van der Waals surface area contributed by atoms with Crippen LogP contribution in [0.25, 0.3) is 11.1 Å². The molecule has 3 N–H and O–H groups in total. The first-order valence-corrected chi connectivity index (χ1v) is 12.0. The van der Waals surface area contributed by atoms with Crippen LogP contribution in [-0.4, -0.2) is 42.9 Å². The van der Waals surface area contributed by atoms with Crippen LogP contribution < -0.4 is 10.1 Å². The molecule has 200 valence electrons. The number of hydrogen-bond donors (Lipinski definition) is 3. The molecule has 0 spiro atoms. The van der Waals surface area contributed by atoms with Crippen molar-refractivity contribution in [1.29, 1.82) is 0 Å². The Morgan fingerprint density at radius 3 is 2.37 bits per heavy atom. The predicted molar refractivity (Wildman–Crippen MR) is 132 cm³/mol. The van der Waals surface area contributed by atoms with Gasteiger partial charge in [0.25, 0.3) is 0 Å². The molecule has 2 heterocycles. The van der Waals surface area contributed by atoms with Gasteiger partial charge in [-0.05, 0) is 59.5 Å². The van der Waals surface area contributed by atoms with E-state index in [-0.39, 0.29) is 24.5 Å². The number of aliphatic hydroxyl groups excluding tert-OH is 1. The summed E-state index contributed by atoms with van der Waals surface area (Å²) < 4.78 is 71.0. The second-order valence-electron chi connectivity index (χ2n) is 8.98. The van der Waals surface area contributed by atoms with Crippen LogP contribution >= 0.6 is 0 Å². The minimum atomic E-state index is -4.69. The molecule has 0 radical (unpaired) electrons. The van der Waals surface area contributed by atoms with Gasteiger partial charge in [0, 0.05) is 29.4 Å². The van der Waals surface area contributed by atoms with Gasteiger partial charge in [0.05, 0.1) is 18.8 Å². The number of phenols is 1. The molecule has 1 atom stereocenters. The summed E-state index contributed by atoms with van der Waals surface area (Å²) in [6, 6.07) is 13.4. The largest absolute Gasteiger partial charge is 0.508 e. The quantitative estimate of drug-likeness (QED) is 0.351. The molecule has 2 aliphatic heterocycles. The molecule has 1 saturated heterocycles. The summed E-state index contributed by atoms with van der Waals surface area (Å²) in [4.78, 5) is 0. The Balaban J connectivity index is 1.49. The van der Waals surface area contributed by atoms with E-state index in [1.807, 2.05) is 0 Å². The summed E-state index contributed by atoms with van der Waals surface area (Å²) in [5.74, 6) is -0.543. The minimum Gasteiger partial charge on any atom is -0.508 e. The molecule has 3 aromatic carbocycles. The number of ether oxygens (including phenoxy) is 3. The van der Waals surface area contributed by atoms with Gasteiger partial charge in [-0.3, -0.25) is 0 Å². The van der Waals surface area contributed by atoms with Crippen molar-refractivity contribution in [2.45, 2.75) is 25.0 Å². The molecular formula is C28H25F4NO5. The summed E-state index contributed by atoms with van der Waals surface area (Å²) in [6.45, 7) is 1.43. The molecule has 0 aromatic heterocycles. The Labute approximate surface area is 216 Å². The number of hydrogen-bond acceptors (Lipinski definition) is 6. The van der Waals surface area contributed by atoms with Crippen molar-refractivity contribution in [1.82, 2.24) is 0 Å². The van der Waals surface area contributed by atoms with Gasteiger partial charge in [-0.1, -0.05) is 18.2 Å². The fourth-order valence-corrected chi connectivity index (χ4v) is 4.55. The number of alkyl halides is 3. The maximum atomic E-state index is 15.0. The maximum absolute atomic E-state index is 15.0. The van der Waals surface area contributed by atoms with Gasteiger partial charge in [0.1, 0.15) is 30.0 Å². The van der Waals surface area contributed by atoms with E-state index in [1.54, 1.807) is 30.3 Å². The number of halogens is 4.